The van der Waals surface area contributed by atoms with Crippen LogP contribution in [0.3, 0.4) is 0 Å². The molecule has 1 fully saturated rings. The zero-order valence-electron chi connectivity index (χ0n) is 8.91. The second-order valence-electron chi connectivity index (χ2n) is 4.09. The molecule has 1 aromatic carbocycles. The van der Waals surface area contributed by atoms with Crippen molar-refractivity contribution in [2.75, 3.05) is 11.4 Å². The van der Waals surface area contributed by atoms with Crippen molar-refractivity contribution < 1.29 is 9.50 Å². The largest absolute Gasteiger partial charge is 0.392 e. The maximum Gasteiger partial charge on any atom is 0.146 e. The van der Waals surface area contributed by atoms with Gasteiger partial charge in [-0.15, -0.1) is 0 Å². The van der Waals surface area contributed by atoms with E-state index < -0.39 is 0 Å². The number of anilines is 1. The first kappa shape index (κ1) is 10.4. The highest BCUT2D eigenvalue weighted by Gasteiger charge is 2.24. The van der Waals surface area contributed by atoms with Crippen LogP contribution in [0.1, 0.15) is 25.3 Å². The van der Waals surface area contributed by atoms with Gasteiger partial charge in [-0.1, -0.05) is 12.1 Å². The van der Waals surface area contributed by atoms with Crippen molar-refractivity contribution in [3.63, 3.8) is 0 Å². The Morgan fingerprint density at radius 3 is 2.93 bits per heavy atom. The Morgan fingerprint density at radius 1 is 1.53 bits per heavy atom. The molecule has 15 heavy (non-hydrogen) atoms. The van der Waals surface area contributed by atoms with Crippen molar-refractivity contribution in [2.45, 2.75) is 32.4 Å². The van der Waals surface area contributed by atoms with Crippen molar-refractivity contribution in [2.24, 2.45) is 0 Å². The van der Waals surface area contributed by atoms with Gasteiger partial charge in [-0.3, -0.25) is 0 Å². The Kier molecular flexibility index (Phi) is 2.91. The Labute approximate surface area is 89.3 Å². The number of nitrogens with zero attached hydrogens (tertiary/aromatic N) is 1. The van der Waals surface area contributed by atoms with Gasteiger partial charge in [0.05, 0.1) is 12.3 Å². The van der Waals surface area contributed by atoms with Gasteiger partial charge >= 0.3 is 0 Å². The molecule has 1 aromatic rings. The lowest BCUT2D eigenvalue weighted by Crippen LogP contribution is -2.28. The van der Waals surface area contributed by atoms with E-state index in [2.05, 4.69) is 11.8 Å². The van der Waals surface area contributed by atoms with Crippen molar-refractivity contribution in [3.05, 3.63) is 29.6 Å². The van der Waals surface area contributed by atoms with Crippen LogP contribution in [-0.4, -0.2) is 17.7 Å². The average molecular weight is 209 g/mol. The van der Waals surface area contributed by atoms with E-state index in [0.717, 1.165) is 19.4 Å². The standard InChI is InChI=1S/C12H16FNO/c1-9-4-3-7-14(9)12-10(8-15)5-2-6-11(12)13/h2,5-6,9,15H,3-4,7-8H2,1H3. The van der Waals surface area contributed by atoms with E-state index in [1.54, 1.807) is 12.1 Å². The van der Waals surface area contributed by atoms with Crippen LogP contribution in [0, 0.1) is 5.82 Å². The number of rotatable bonds is 2. The molecule has 0 aliphatic carbocycles. The number of benzene rings is 1. The molecule has 3 heteroatoms. The summed E-state index contributed by atoms with van der Waals surface area (Å²) in [6.07, 6.45) is 2.19. The first-order chi connectivity index (χ1) is 7.24. The van der Waals surface area contributed by atoms with E-state index in [1.165, 1.54) is 6.07 Å². The molecule has 1 N–H and O–H groups in total. The van der Waals surface area contributed by atoms with Crippen LogP contribution in [0.4, 0.5) is 10.1 Å². The normalized spacial score (nSPS) is 21.0. The second kappa shape index (κ2) is 4.19. The number of para-hydroxylation sites is 1. The molecule has 2 rings (SSSR count). The number of hydrogen-bond acceptors (Lipinski definition) is 2. The van der Waals surface area contributed by atoms with Crippen molar-refractivity contribution in [1.82, 2.24) is 0 Å². The van der Waals surface area contributed by atoms with E-state index in [0.29, 0.717) is 17.3 Å². The average Bonchev–Trinajstić information content (AvgIpc) is 2.64. The van der Waals surface area contributed by atoms with Gasteiger partial charge < -0.3 is 10.0 Å². The van der Waals surface area contributed by atoms with Gasteiger partial charge in [0.2, 0.25) is 0 Å². The number of aliphatic hydroxyl groups is 1. The third-order valence-corrected chi connectivity index (χ3v) is 3.08. The molecule has 0 aromatic heterocycles. The second-order valence-corrected chi connectivity index (χ2v) is 4.09. The first-order valence-corrected chi connectivity index (χ1v) is 5.39. The SMILES string of the molecule is CC1CCCN1c1c(F)cccc1CO. The summed E-state index contributed by atoms with van der Waals surface area (Å²) in [4.78, 5) is 2.06. The molecule has 1 heterocycles. The Balaban J connectivity index is 2.41. The summed E-state index contributed by atoms with van der Waals surface area (Å²) in [6.45, 7) is 2.88. The Bertz CT molecular complexity index is 353. The monoisotopic (exact) mass is 209 g/mol. The molecule has 82 valence electrons. The Morgan fingerprint density at radius 2 is 2.33 bits per heavy atom. The van der Waals surface area contributed by atoms with E-state index in [-0.39, 0.29) is 12.4 Å². The van der Waals surface area contributed by atoms with Crippen LogP contribution in [-0.2, 0) is 6.61 Å². The minimum atomic E-state index is -0.227. The van der Waals surface area contributed by atoms with Gasteiger partial charge in [-0.05, 0) is 25.8 Å². The van der Waals surface area contributed by atoms with Gasteiger partial charge in [-0.2, -0.15) is 0 Å². The van der Waals surface area contributed by atoms with Gasteiger partial charge in [-0.25, -0.2) is 4.39 Å². The molecular formula is C12H16FNO. The lowest BCUT2D eigenvalue weighted by molar-refractivity contribution is 0.281. The minimum absolute atomic E-state index is 0.101. The number of hydrogen-bond donors (Lipinski definition) is 1. The highest BCUT2D eigenvalue weighted by atomic mass is 19.1. The van der Waals surface area contributed by atoms with E-state index in [4.69, 9.17) is 0 Å². The quantitative estimate of drug-likeness (QED) is 0.808. The van der Waals surface area contributed by atoms with Gasteiger partial charge in [0.1, 0.15) is 5.82 Å². The molecule has 0 spiro atoms. The van der Waals surface area contributed by atoms with Crippen LogP contribution in [0.25, 0.3) is 0 Å². The van der Waals surface area contributed by atoms with Crippen LogP contribution in [0.2, 0.25) is 0 Å². The predicted octanol–water partition coefficient (Wildman–Crippen LogP) is 2.31. The molecule has 0 amide bonds. The summed E-state index contributed by atoms with van der Waals surface area (Å²) in [5.74, 6) is -0.227. The molecule has 2 nitrogen and oxygen atoms in total. The van der Waals surface area contributed by atoms with Crippen LogP contribution >= 0.6 is 0 Å². The molecule has 1 unspecified atom stereocenters. The number of aliphatic hydroxyl groups excluding tert-OH is 1. The molecular weight excluding hydrogens is 193 g/mol. The van der Waals surface area contributed by atoms with E-state index >= 15 is 0 Å². The third kappa shape index (κ3) is 1.84. The lowest BCUT2D eigenvalue weighted by atomic mass is 10.1. The van der Waals surface area contributed by atoms with E-state index in [9.17, 15) is 9.50 Å². The maximum atomic E-state index is 13.7. The zero-order valence-corrected chi connectivity index (χ0v) is 8.91. The smallest absolute Gasteiger partial charge is 0.146 e. The molecule has 0 radical (unpaired) electrons. The Hall–Kier alpha value is -1.09. The number of halogens is 1. The van der Waals surface area contributed by atoms with Crippen molar-refractivity contribution in [1.29, 1.82) is 0 Å². The van der Waals surface area contributed by atoms with Gasteiger partial charge in [0.15, 0.2) is 0 Å². The molecule has 1 aliphatic rings. The molecule has 1 atom stereocenters. The molecule has 1 aliphatic heterocycles. The zero-order chi connectivity index (χ0) is 10.8. The highest BCUT2D eigenvalue weighted by Crippen LogP contribution is 2.30. The summed E-state index contributed by atoms with van der Waals surface area (Å²) >= 11 is 0. The molecule has 1 saturated heterocycles. The predicted molar refractivity (Wildman–Crippen MR) is 58.4 cm³/mol. The van der Waals surface area contributed by atoms with Gasteiger partial charge in [0, 0.05) is 18.2 Å². The lowest BCUT2D eigenvalue weighted by Gasteiger charge is -2.26. The van der Waals surface area contributed by atoms with Crippen LogP contribution < -0.4 is 4.90 Å². The summed E-state index contributed by atoms with van der Waals surface area (Å²) in [6, 6.07) is 5.25. The fourth-order valence-corrected chi connectivity index (χ4v) is 2.27. The minimum Gasteiger partial charge on any atom is -0.392 e. The third-order valence-electron chi connectivity index (χ3n) is 3.08. The summed E-state index contributed by atoms with van der Waals surface area (Å²) in [7, 11) is 0. The topological polar surface area (TPSA) is 23.5 Å². The molecule has 0 saturated carbocycles. The van der Waals surface area contributed by atoms with Crippen molar-refractivity contribution >= 4 is 5.69 Å². The first-order valence-electron chi connectivity index (χ1n) is 5.39. The highest BCUT2D eigenvalue weighted by molar-refractivity contribution is 5.56. The summed E-state index contributed by atoms with van der Waals surface area (Å²) in [5, 5.41) is 9.20. The van der Waals surface area contributed by atoms with Gasteiger partial charge in [0.25, 0.3) is 0 Å². The maximum absolute atomic E-state index is 13.7. The summed E-state index contributed by atoms with van der Waals surface area (Å²) in [5.41, 5.74) is 1.27. The fraction of sp³-hybridized carbons (Fsp3) is 0.500. The van der Waals surface area contributed by atoms with Crippen molar-refractivity contribution in [3.8, 4) is 0 Å². The fourth-order valence-electron chi connectivity index (χ4n) is 2.27. The molecule has 0 bridgehead atoms. The van der Waals surface area contributed by atoms with E-state index in [1.807, 2.05) is 0 Å². The van der Waals surface area contributed by atoms with Crippen LogP contribution in [0.15, 0.2) is 18.2 Å². The summed E-state index contributed by atoms with van der Waals surface area (Å²) < 4.78 is 13.7. The van der Waals surface area contributed by atoms with Crippen LogP contribution in [0.5, 0.6) is 0 Å².